The van der Waals surface area contributed by atoms with E-state index in [-0.39, 0.29) is 12.0 Å². The summed E-state index contributed by atoms with van der Waals surface area (Å²) in [5.74, 6) is 0.532. The molecule has 1 amide bonds. The van der Waals surface area contributed by atoms with Crippen LogP contribution < -0.4 is 5.73 Å². The average molecular weight is 307 g/mol. The molecule has 0 bridgehead atoms. The van der Waals surface area contributed by atoms with Gasteiger partial charge in [-0.1, -0.05) is 6.07 Å². The second-order valence-electron chi connectivity index (χ2n) is 6.30. The maximum absolute atomic E-state index is 12.6. The molecule has 2 unspecified atom stereocenters. The highest BCUT2D eigenvalue weighted by atomic mass is 32.1. The van der Waals surface area contributed by atoms with Crippen LogP contribution in [0.1, 0.15) is 30.6 Å². The lowest BCUT2D eigenvalue weighted by molar-refractivity contribution is -0.135. The smallest absolute Gasteiger partial charge is 0.225 e. The van der Waals surface area contributed by atoms with Gasteiger partial charge in [0.25, 0.3) is 0 Å². The van der Waals surface area contributed by atoms with Crippen molar-refractivity contribution >= 4 is 17.2 Å². The van der Waals surface area contributed by atoms with Crippen LogP contribution >= 0.6 is 11.3 Å². The van der Waals surface area contributed by atoms with E-state index >= 15 is 0 Å². The molecular formula is C16H25N3OS. The summed E-state index contributed by atoms with van der Waals surface area (Å²) in [5, 5.41) is 2.13. The highest BCUT2D eigenvalue weighted by molar-refractivity contribution is 7.09. The van der Waals surface area contributed by atoms with E-state index in [1.807, 2.05) is 11.3 Å². The number of hydrogen-bond acceptors (Lipinski definition) is 4. The minimum absolute atomic E-state index is 0.184. The largest absolute Gasteiger partial charge is 0.341 e. The van der Waals surface area contributed by atoms with Gasteiger partial charge in [-0.05, 0) is 37.1 Å². The Morgan fingerprint density at radius 2 is 2.19 bits per heavy atom. The fourth-order valence-corrected chi connectivity index (χ4v) is 4.22. The number of nitrogens with two attached hydrogens (primary N) is 1. The van der Waals surface area contributed by atoms with Gasteiger partial charge in [-0.15, -0.1) is 11.3 Å². The topological polar surface area (TPSA) is 49.6 Å². The molecule has 0 spiro atoms. The molecule has 1 saturated heterocycles. The summed E-state index contributed by atoms with van der Waals surface area (Å²) in [4.78, 5) is 18.5. The number of thiophene rings is 1. The number of amides is 1. The second-order valence-corrected chi connectivity index (χ2v) is 7.34. The molecule has 2 fully saturated rings. The standard InChI is InChI=1S/C16H25N3OS/c17-14-5-4-13(11-14)16(20)19-7-2-6-18(8-9-19)12-15-3-1-10-21-15/h1,3,10,13-14H,2,4-9,11-12,17H2. The first-order valence-corrected chi connectivity index (χ1v) is 8.89. The molecule has 21 heavy (non-hydrogen) atoms. The number of rotatable bonds is 3. The molecular weight excluding hydrogens is 282 g/mol. The molecule has 1 saturated carbocycles. The van der Waals surface area contributed by atoms with Gasteiger partial charge in [-0.3, -0.25) is 9.69 Å². The normalized spacial score (nSPS) is 27.8. The van der Waals surface area contributed by atoms with Gasteiger partial charge in [0, 0.05) is 49.6 Å². The molecule has 1 aromatic rings. The van der Waals surface area contributed by atoms with Crippen LogP contribution in [0.25, 0.3) is 0 Å². The zero-order valence-electron chi connectivity index (χ0n) is 12.5. The van der Waals surface area contributed by atoms with Crippen molar-refractivity contribution in [2.24, 2.45) is 11.7 Å². The summed E-state index contributed by atoms with van der Waals surface area (Å²) < 4.78 is 0. The Morgan fingerprint density at radius 3 is 2.90 bits per heavy atom. The third-order valence-electron chi connectivity index (χ3n) is 4.68. The first kappa shape index (κ1) is 15.0. The van der Waals surface area contributed by atoms with Crippen molar-refractivity contribution in [2.45, 2.75) is 38.3 Å². The van der Waals surface area contributed by atoms with Gasteiger partial charge in [0.2, 0.25) is 5.91 Å². The first-order valence-electron chi connectivity index (χ1n) is 8.01. The quantitative estimate of drug-likeness (QED) is 0.928. The van der Waals surface area contributed by atoms with Crippen molar-refractivity contribution in [3.8, 4) is 0 Å². The molecule has 2 aliphatic rings. The van der Waals surface area contributed by atoms with Crippen LogP contribution in [0.15, 0.2) is 17.5 Å². The first-order chi connectivity index (χ1) is 10.2. The second kappa shape index (κ2) is 6.90. The summed E-state index contributed by atoms with van der Waals surface area (Å²) >= 11 is 1.82. The molecule has 0 aromatic carbocycles. The third kappa shape index (κ3) is 3.84. The predicted molar refractivity (Wildman–Crippen MR) is 86.1 cm³/mol. The Balaban J connectivity index is 1.52. The average Bonchev–Trinajstić information content (AvgIpc) is 3.07. The highest BCUT2D eigenvalue weighted by Gasteiger charge is 2.31. The lowest BCUT2D eigenvalue weighted by atomic mass is 10.1. The highest BCUT2D eigenvalue weighted by Crippen LogP contribution is 2.26. The molecule has 3 rings (SSSR count). The van der Waals surface area contributed by atoms with E-state index in [0.29, 0.717) is 5.91 Å². The van der Waals surface area contributed by atoms with Gasteiger partial charge >= 0.3 is 0 Å². The van der Waals surface area contributed by atoms with Crippen LogP contribution in [0.5, 0.6) is 0 Å². The molecule has 1 aliphatic heterocycles. The molecule has 2 N–H and O–H groups in total. The van der Waals surface area contributed by atoms with Crippen molar-refractivity contribution in [3.05, 3.63) is 22.4 Å². The van der Waals surface area contributed by atoms with E-state index in [2.05, 4.69) is 27.3 Å². The Bertz CT molecular complexity index is 462. The maximum Gasteiger partial charge on any atom is 0.225 e. The number of hydrogen-bond donors (Lipinski definition) is 1. The molecule has 5 heteroatoms. The van der Waals surface area contributed by atoms with E-state index < -0.39 is 0 Å². The van der Waals surface area contributed by atoms with Crippen LogP contribution in [-0.4, -0.2) is 47.9 Å². The fraction of sp³-hybridized carbons (Fsp3) is 0.688. The van der Waals surface area contributed by atoms with Crippen LogP contribution in [0.4, 0.5) is 0 Å². The lowest BCUT2D eigenvalue weighted by Crippen LogP contribution is -2.38. The van der Waals surface area contributed by atoms with Crippen molar-refractivity contribution in [1.29, 1.82) is 0 Å². The van der Waals surface area contributed by atoms with E-state index in [9.17, 15) is 4.79 Å². The Labute approximate surface area is 130 Å². The summed E-state index contributed by atoms with van der Waals surface area (Å²) in [5.41, 5.74) is 5.94. The third-order valence-corrected chi connectivity index (χ3v) is 5.54. The van der Waals surface area contributed by atoms with Crippen molar-refractivity contribution in [2.75, 3.05) is 26.2 Å². The van der Waals surface area contributed by atoms with Gasteiger partial charge in [-0.2, -0.15) is 0 Å². The Morgan fingerprint density at radius 1 is 1.29 bits per heavy atom. The van der Waals surface area contributed by atoms with E-state index in [1.165, 1.54) is 4.88 Å². The molecule has 2 atom stereocenters. The monoisotopic (exact) mass is 307 g/mol. The number of carbonyl (C=O) groups excluding carboxylic acids is 1. The molecule has 1 aromatic heterocycles. The lowest BCUT2D eigenvalue weighted by Gasteiger charge is -2.24. The fourth-order valence-electron chi connectivity index (χ4n) is 3.47. The van der Waals surface area contributed by atoms with Gasteiger partial charge in [0.05, 0.1) is 0 Å². The maximum atomic E-state index is 12.6. The van der Waals surface area contributed by atoms with E-state index in [4.69, 9.17) is 5.73 Å². The molecule has 2 heterocycles. The zero-order valence-corrected chi connectivity index (χ0v) is 13.4. The van der Waals surface area contributed by atoms with Gasteiger partial charge in [0.15, 0.2) is 0 Å². The van der Waals surface area contributed by atoms with Gasteiger partial charge in [-0.25, -0.2) is 0 Å². The summed E-state index contributed by atoms with van der Waals surface area (Å²) in [6.45, 7) is 4.88. The minimum atomic E-state index is 0.184. The molecule has 0 radical (unpaired) electrons. The molecule has 1 aliphatic carbocycles. The van der Waals surface area contributed by atoms with Gasteiger partial charge in [0.1, 0.15) is 0 Å². The van der Waals surface area contributed by atoms with E-state index in [1.54, 1.807) is 0 Å². The number of carbonyl (C=O) groups is 1. The Hall–Kier alpha value is -0.910. The summed E-state index contributed by atoms with van der Waals surface area (Å²) in [7, 11) is 0. The van der Waals surface area contributed by atoms with Crippen molar-refractivity contribution in [3.63, 3.8) is 0 Å². The number of nitrogens with zero attached hydrogens (tertiary/aromatic N) is 2. The van der Waals surface area contributed by atoms with Crippen LogP contribution in [0, 0.1) is 5.92 Å². The molecule has 4 nitrogen and oxygen atoms in total. The van der Waals surface area contributed by atoms with Crippen LogP contribution in [-0.2, 0) is 11.3 Å². The minimum Gasteiger partial charge on any atom is -0.341 e. The van der Waals surface area contributed by atoms with Crippen molar-refractivity contribution in [1.82, 2.24) is 9.80 Å². The van der Waals surface area contributed by atoms with Gasteiger partial charge < -0.3 is 10.6 Å². The van der Waals surface area contributed by atoms with Crippen molar-refractivity contribution < 1.29 is 4.79 Å². The summed E-state index contributed by atoms with van der Waals surface area (Å²) in [6, 6.07) is 4.54. The Kier molecular flexibility index (Phi) is 4.93. The summed E-state index contributed by atoms with van der Waals surface area (Å²) in [6.07, 6.45) is 3.95. The SMILES string of the molecule is NC1CCC(C(=O)N2CCCN(Cc3cccs3)CC2)C1. The van der Waals surface area contributed by atoms with Crippen LogP contribution in [0.3, 0.4) is 0 Å². The van der Waals surface area contributed by atoms with Crippen LogP contribution in [0.2, 0.25) is 0 Å². The van der Waals surface area contributed by atoms with E-state index in [0.717, 1.165) is 58.4 Å². The predicted octanol–water partition coefficient (Wildman–Crippen LogP) is 1.91. The zero-order chi connectivity index (χ0) is 14.7. The molecule has 116 valence electrons.